The molecule has 0 heterocycles. The number of carbonyl (C=O) groups excluding carboxylic acids is 1. The highest BCUT2D eigenvalue weighted by molar-refractivity contribution is 6.17. The monoisotopic (exact) mass is 281 g/mol. The van der Waals surface area contributed by atoms with Crippen LogP contribution in [-0.2, 0) is 11.2 Å². The Morgan fingerprint density at radius 1 is 1.21 bits per heavy atom. The van der Waals surface area contributed by atoms with Gasteiger partial charge < -0.3 is 4.90 Å². The van der Waals surface area contributed by atoms with Crippen LogP contribution in [0.2, 0.25) is 0 Å². The van der Waals surface area contributed by atoms with Gasteiger partial charge in [0, 0.05) is 25.9 Å². The van der Waals surface area contributed by atoms with E-state index in [-0.39, 0.29) is 5.91 Å². The number of hydrogen-bond acceptors (Lipinski definition) is 1. The second kappa shape index (κ2) is 8.98. The molecule has 0 unspecified atom stereocenters. The minimum Gasteiger partial charge on any atom is -0.346 e. The number of nitrogens with zero attached hydrogens (tertiary/aromatic N) is 1. The Balaban J connectivity index is 2.28. The third kappa shape index (κ3) is 6.11. The van der Waals surface area contributed by atoms with Gasteiger partial charge in [0.25, 0.3) is 0 Å². The summed E-state index contributed by atoms with van der Waals surface area (Å²) in [7, 11) is 1.89. The zero-order valence-corrected chi connectivity index (χ0v) is 12.7. The van der Waals surface area contributed by atoms with Crippen molar-refractivity contribution in [3.63, 3.8) is 0 Å². The van der Waals surface area contributed by atoms with Crippen molar-refractivity contribution in [3.05, 3.63) is 35.4 Å². The van der Waals surface area contributed by atoms with Crippen molar-refractivity contribution in [3.8, 4) is 0 Å². The van der Waals surface area contributed by atoms with Gasteiger partial charge in [-0.05, 0) is 37.3 Å². The SMILES string of the molecule is Cc1ccccc1CCC(=O)N(C)CCCCCCl. The van der Waals surface area contributed by atoms with E-state index >= 15 is 0 Å². The molecular formula is C16H24ClNO. The molecule has 0 aliphatic rings. The summed E-state index contributed by atoms with van der Waals surface area (Å²) >= 11 is 5.63. The van der Waals surface area contributed by atoms with Gasteiger partial charge in [-0.25, -0.2) is 0 Å². The van der Waals surface area contributed by atoms with Crippen LogP contribution in [0, 0.1) is 6.92 Å². The van der Waals surface area contributed by atoms with Gasteiger partial charge in [-0.1, -0.05) is 30.7 Å². The number of alkyl halides is 1. The maximum absolute atomic E-state index is 12.0. The molecule has 0 saturated carbocycles. The Labute approximate surface area is 121 Å². The van der Waals surface area contributed by atoms with Crippen molar-refractivity contribution in [2.45, 2.75) is 39.0 Å². The van der Waals surface area contributed by atoms with Gasteiger partial charge in [0.05, 0.1) is 0 Å². The number of benzene rings is 1. The molecule has 0 bridgehead atoms. The summed E-state index contributed by atoms with van der Waals surface area (Å²) in [6.45, 7) is 2.93. The molecule has 0 atom stereocenters. The molecule has 1 aromatic rings. The minimum atomic E-state index is 0.231. The Bertz CT molecular complexity index is 392. The van der Waals surface area contributed by atoms with Crippen molar-refractivity contribution >= 4 is 17.5 Å². The van der Waals surface area contributed by atoms with E-state index in [1.807, 2.05) is 24.1 Å². The average Bonchev–Trinajstić information content (AvgIpc) is 2.42. The van der Waals surface area contributed by atoms with Crippen LogP contribution in [0.4, 0.5) is 0 Å². The first-order valence-electron chi connectivity index (χ1n) is 6.99. The van der Waals surface area contributed by atoms with Crippen molar-refractivity contribution in [2.24, 2.45) is 0 Å². The maximum atomic E-state index is 12.0. The molecule has 1 rings (SSSR count). The molecule has 2 nitrogen and oxygen atoms in total. The van der Waals surface area contributed by atoms with Crippen LogP contribution < -0.4 is 0 Å². The van der Waals surface area contributed by atoms with Gasteiger partial charge in [0.2, 0.25) is 5.91 Å². The Hall–Kier alpha value is -1.02. The van der Waals surface area contributed by atoms with Crippen molar-refractivity contribution in [2.75, 3.05) is 19.5 Å². The highest BCUT2D eigenvalue weighted by Gasteiger charge is 2.09. The van der Waals surface area contributed by atoms with Crippen LogP contribution in [0.25, 0.3) is 0 Å². The molecule has 1 aromatic carbocycles. The standard InChI is InChI=1S/C16H24ClNO/c1-14-8-4-5-9-15(14)10-11-16(19)18(2)13-7-3-6-12-17/h4-5,8-9H,3,6-7,10-13H2,1-2H3. The van der Waals surface area contributed by atoms with E-state index in [0.29, 0.717) is 12.3 Å². The van der Waals surface area contributed by atoms with E-state index in [1.165, 1.54) is 11.1 Å². The number of hydrogen-bond donors (Lipinski definition) is 0. The van der Waals surface area contributed by atoms with Gasteiger partial charge in [-0.15, -0.1) is 11.6 Å². The topological polar surface area (TPSA) is 20.3 Å². The van der Waals surface area contributed by atoms with Gasteiger partial charge in [-0.3, -0.25) is 4.79 Å². The molecular weight excluding hydrogens is 258 g/mol. The predicted octanol–water partition coefficient (Wildman–Crippen LogP) is 3.80. The van der Waals surface area contributed by atoms with Crippen LogP contribution >= 0.6 is 11.6 Å². The quantitative estimate of drug-likeness (QED) is 0.524. The molecule has 0 aliphatic carbocycles. The van der Waals surface area contributed by atoms with Crippen LogP contribution in [0.1, 0.15) is 36.8 Å². The zero-order valence-electron chi connectivity index (χ0n) is 12.0. The highest BCUT2D eigenvalue weighted by atomic mass is 35.5. The number of aryl methyl sites for hydroxylation is 2. The first kappa shape index (κ1) is 16.0. The second-order valence-corrected chi connectivity index (χ2v) is 5.37. The molecule has 3 heteroatoms. The summed E-state index contributed by atoms with van der Waals surface area (Å²) in [5.74, 6) is 0.944. The van der Waals surface area contributed by atoms with Crippen molar-refractivity contribution in [1.82, 2.24) is 4.90 Å². The molecule has 0 saturated heterocycles. The fraction of sp³-hybridized carbons (Fsp3) is 0.562. The normalized spacial score (nSPS) is 10.5. The lowest BCUT2D eigenvalue weighted by atomic mass is 10.0. The predicted molar refractivity (Wildman–Crippen MR) is 81.7 cm³/mol. The highest BCUT2D eigenvalue weighted by Crippen LogP contribution is 2.10. The van der Waals surface area contributed by atoms with Crippen LogP contribution in [0.3, 0.4) is 0 Å². The van der Waals surface area contributed by atoms with Crippen molar-refractivity contribution in [1.29, 1.82) is 0 Å². The van der Waals surface area contributed by atoms with Crippen LogP contribution in [-0.4, -0.2) is 30.3 Å². The number of halogens is 1. The van der Waals surface area contributed by atoms with Gasteiger partial charge in [-0.2, -0.15) is 0 Å². The fourth-order valence-corrected chi connectivity index (χ4v) is 2.26. The third-order valence-corrected chi connectivity index (χ3v) is 3.69. The van der Waals surface area contributed by atoms with E-state index in [4.69, 9.17) is 11.6 Å². The number of amides is 1. The van der Waals surface area contributed by atoms with E-state index in [1.54, 1.807) is 0 Å². The largest absolute Gasteiger partial charge is 0.346 e. The molecule has 0 radical (unpaired) electrons. The van der Waals surface area contributed by atoms with Crippen molar-refractivity contribution < 1.29 is 4.79 Å². The first-order chi connectivity index (χ1) is 9.15. The molecule has 0 N–H and O–H groups in total. The average molecular weight is 282 g/mol. The van der Waals surface area contributed by atoms with E-state index in [2.05, 4.69) is 19.1 Å². The number of unbranched alkanes of at least 4 members (excludes halogenated alkanes) is 2. The maximum Gasteiger partial charge on any atom is 0.222 e. The van der Waals surface area contributed by atoms with E-state index in [0.717, 1.165) is 32.2 Å². The van der Waals surface area contributed by atoms with E-state index < -0.39 is 0 Å². The zero-order chi connectivity index (χ0) is 14.1. The number of carbonyl (C=O) groups is 1. The van der Waals surface area contributed by atoms with Gasteiger partial charge in [0.1, 0.15) is 0 Å². The Morgan fingerprint density at radius 2 is 1.95 bits per heavy atom. The lowest BCUT2D eigenvalue weighted by molar-refractivity contribution is -0.129. The third-order valence-electron chi connectivity index (χ3n) is 3.42. The smallest absolute Gasteiger partial charge is 0.222 e. The summed E-state index contributed by atoms with van der Waals surface area (Å²) in [6, 6.07) is 8.26. The van der Waals surface area contributed by atoms with Crippen LogP contribution in [0.5, 0.6) is 0 Å². The van der Waals surface area contributed by atoms with Crippen LogP contribution in [0.15, 0.2) is 24.3 Å². The summed E-state index contributed by atoms with van der Waals surface area (Å²) in [5, 5.41) is 0. The molecule has 0 aromatic heterocycles. The minimum absolute atomic E-state index is 0.231. The molecule has 19 heavy (non-hydrogen) atoms. The summed E-state index contributed by atoms with van der Waals surface area (Å²) in [6.07, 6.45) is 4.60. The van der Waals surface area contributed by atoms with E-state index in [9.17, 15) is 4.79 Å². The van der Waals surface area contributed by atoms with Gasteiger partial charge >= 0.3 is 0 Å². The lowest BCUT2D eigenvalue weighted by Gasteiger charge is -2.17. The van der Waals surface area contributed by atoms with Gasteiger partial charge in [0.15, 0.2) is 0 Å². The second-order valence-electron chi connectivity index (χ2n) is 4.99. The lowest BCUT2D eigenvalue weighted by Crippen LogP contribution is -2.28. The Morgan fingerprint density at radius 3 is 2.63 bits per heavy atom. The molecule has 106 valence electrons. The molecule has 0 spiro atoms. The summed E-state index contributed by atoms with van der Waals surface area (Å²) < 4.78 is 0. The first-order valence-corrected chi connectivity index (χ1v) is 7.53. The molecule has 0 fully saturated rings. The fourth-order valence-electron chi connectivity index (χ4n) is 2.07. The summed E-state index contributed by atoms with van der Waals surface area (Å²) in [5.41, 5.74) is 2.53. The summed E-state index contributed by atoms with van der Waals surface area (Å²) in [4.78, 5) is 13.8. The Kier molecular flexibility index (Phi) is 7.57. The molecule has 0 aliphatic heterocycles. The number of rotatable bonds is 8. The molecule has 1 amide bonds.